The molecule has 2 rings (SSSR count). The Morgan fingerprint density at radius 2 is 1.73 bits per heavy atom. The molecule has 1 aromatic rings. The van der Waals surface area contributed by atoms with Crippen LogP contribution >= 0.6 is 0 Å². The van der Waals surface area contributed by atoms with Crippen LogP contribution in [0, 0.1) is 17.2 Å². The maximum absolute atomic E-state index is 9.28. The highest BCUT2D eigenvalue weighted by atomic mass is 14.3. The van der Waals surface area contributed by atoms with Crippen molar-refractivity contribution in [3.63, 3.8) is 0 Å². The molecule has 0 spiro atoms. The van der Waals surface area contributed by atoms with E-state index >= 15 is 0 Å². The van der Waals surface area contributed by atoms with E-state index in [1.54, 1.807) is 0 Å². The molecule has 0 aliphatic heterocycles. The summed E-state index contributed by atoms with van der Waals surface area (Å²) >= 11 is 0. The van der Waals surface area contributed by atoms with Gasteiger partial charge in [0.15, 0.2) is 0 Å². The first-order chi connectivity index (χ1) is 7.42. The summed E-state index contributed by atoms with van der Waals surface area (Å²) in [5.74, 6) is 0.706. The molecule has 1 saturated carbocycles. The van der Waals surface area contributed by atoms with Crippen molar-refractivity contribution >= 4 is 0 Å². The van der Waals surface area contributed by atoms with Gasteiger partial charge in [0, 0.05) is 0 Å². The van der Waals surface area contributed by atoms with Crippen LogP contribution in [-0.2, 0) is 0 Å². The second kappa shape index (κ2) is 4.98. The first-order valence-corrected chi connectivity index (χ1v) is 5.86. The third kappa shape index (κ3) is 2.39. The number of benzene rings is 1. The summed E-state index contributed by atoms with van der Waals surface area (Å²) in [6, 6.07) is 12.7. The van der Waals surface area contributed by atoms with Crippen molar-refractivity contribution in [2.24, 2.45) is 5.92 Å². The number of nitriles is 1. The van der Waals surface area contributed by atoms with Crippen LogP contribution in [0.2, 0.25) is 0 Å². The summed E-state index contributed by atoms with van der Waals surface area (Å²) < 4.78 is 0. The minimum absolute atomic E-state index is 0.117. The van der Waals surface area contributed by atoms with Gasteiger partial charge in [-0.3, -0.25) is 0 Å². The molecule has 1 atom stereocenters. The minimum atomic E-state index is 0.117. The van der Waals surface area contributed by atoms with Crippen molar-refractivity contribution < 1.29 is 0 Å². The van der Waals surface area contributed by atoms with Gasteiger partial charge in [-0.25, -0.2) is 0 Å². The van der Waals surface area contributed by atoms with Crippen LogP contribution in [0.4, 0.5) is 0 Å². The monoisotopic (exact) mass is 199 g/mol. The van der Waals surface area contributed by atoms with E-state index in [4.69, 9.17) is 0 Å². The van der Waals surface area contributed by atoms with Gasteiger partial charge in [0.1, 0.15) is 0 Å². The maximum Gasteiger partial charge on any atom is 0.0740 e. The van der Waals surface area contributed by atoms with Gasteiger partial charge in [-0.1, -0.05) is 49.6 Å². The van der Waals surface area contributed by atoms with Crippen molar-refractivity contribution in [2.45, 2.75) is 38.0 Å². The first-order valence-electron chi connectivity index (χ1n) is 5.86. The number of hydrogen-bond donors (Lipinski definition) is 0. The first kappa shape index (κ1) is 10.2. The molecular weight excluding hydrogens is 182 g/mol. The van der Waals surface area contributed by atoms with Crippen LogP contribution in [0.3, 0.4) is 0 Å². The van der Waals surface area contributed by atoms with E-state index < -0.39 is 0 Å². The lowest BCUT2D eigenvalue weighted by Crippen LogP contribution is -2.14. The zero-order chi connectivity index (χ0) is 10.5. The fraction of sp³-hybridized carbons (Fsp3) is 0.500. The Morgan fingerprint density at radius 3 is 2.33 bits per heavy atom. The third-order valence-electron chi connectivity index (χ3n) is 3.42. The lowest BCUT2D eigenvalue weighted by atomic mass is 9.77. The van der Waals surface area contributed by atoms with Gasteiger partial charge in [0.25, 0.3) is 0 Å². The molecule has 1 aliphatic rings. The summed E-state index contributed by atoms with van der Waals surface area (Å²) in [7, 11) is 0. The molecule has 0 aromatic heterocycles. The summed E-state index contributed by atoms with van der Waals surface area (Å²) in [5, 5.41) is 9.28. The Kier molecular flexibility index (Phi) is 3.40. The van der Waals surface area contributed by atoms with Crippen molar-refractivity contribution in [1.82, 2.24) is 0 Å². The molecular formula is C14H17N. The highest BCUT2D eigenvalue weighted by molar-refractivity contribution is 5.25. The predicted molar refractivity (Wildman–Crippen MR) is 61.4 cm³/mol. The van der Waals surface area contributed by atoms with Crippen LogP contribution < -0.4 is 0 Å². The largest absolute Gasteiger partial charge is 0.198 e. The molecule has 0 N–H and O–H groups in total. The Labute approximate surface area is 91.7 Å². The van der Waals surface area contributed by atoms with Gasteiger partial charge in [-0.05, 0) is 24.3 Å². The molecule has 15 heavy (non-hydrogen) atoms. The van der Waals surface area contributed by atoms with Gasteiger partial charge in [0.05, 0.1) is 12.0 Å². The average Bonchev–Trinajstić information content (AvgIpc) is 2.33. The van der Waals surface area contributed by atoms with E-state index in [9.17, 15) is 5.26 Å². The number of hydrogen-bond acceptors (Lipinski definition) is 1. The van der Waals surface area contributed by atoms with Gasteiger partial charge in [0.2, 0.25) is 0 Å². The molecule has 0 unspecified atom stereocenters. The predicted octanol–water partition coefficient (Wildman–Crippen LogP) is 3.87. The molecule has 0 heterocycles. The van der Waals surface area contributed by atoms with Crippen LogP contribution in [0.25, 0.3) is 0 Å². The molecule has 1 heteroatoms. The molecule has 1 aromatic carbocycles. The fourth-order valence-electron chi connectivity index (χ4n) is 2.58. The summed E-state index contributed by atoms with van der Waals surface area (Å²) in [5.41, 5.74) is 1.20. The third-order valence-corrected chi connectivity index (χ3v) is 3.42. The lowest BCUT2D eigenvalue weighted by Gasteiger charge is -2.25. The quantitative estimate of drug-likeness (QED) is 0.709. The highest BCUT2D eigenvalue weighted by Crippen LogP contribution is 2.35. The van der Waals surface area contributed by atoms with Crippen molar-refractivity contribution in [3.8, 4) is 6.07 Å². The standard InChI is InChI=1S/C14H17N/c15-11-14(12-7-3-1-4-8-12)13-9-5-2-6-10-13/h1,3-4,7-8,13-14H,2,5-6,9-10H2/t14-/m1/s1. The van der Waals surface area contributed by atoms with Gasteiger partial charge < -0.3 is 0 Å². The van der Waals surface area contributed by atoms with E-state index in [1.165, 1.54) is 37.7 Å². The zero-order valence-electron chi connectivity index (χ0n) is 9.02. The molecule has 1 nitrogen and oxygen atoms in total. The SMILES string of the molecule is N#C[C@H](c1ccccc1)C1CCCCC1. The van der Waals surface area contributed by atoms with Crippen molar-refractivity contribution in [1.29, 1.82) is 5.26 Å². The molecule has 1 fully saturated rings. The van der Waals surface area contributed by atoms with Crippen molar-refractivity contribution in [2.75, 3.05) is 0 Å². The Bertz CT molecular complexity index is 330. The molecule has 0 amide bonds. The van der Waals surface area contributed by atoms with Crippen LogP contribution in [-0.4, -0.2) is 0 Å². The number of nitrogens with zero attached hydrogens (tertiary/aromatic N) is 1. The summed E-state index contributed by atoms with van der Waals surface area (Å²) in [6.45, 7) is 0. The van der Waals surface area contributed by atoms with E-state index in [-0.39, 0.29) is 5.92 Å². The second-order valence-corrected chi connectivity index (χ2v) is 4.42. The van der Waals surface area contributed by atoms with E-state index in [0.717, 1.165) is 0 Å². The lowest BCUT2D eigenvalue weighted by molar-refractivity contribution is 0.335. The van der Waals surface area contributed by atoms with Gasteiger partial charge >= 0.3 is 0 Å². The second-order valence-electron chi connectivity index (χ2n) is 4.42. The van der Waals surface area contributed by atoms with E-state index in [0.29, 0.717) is 5.92 Å². The van der Waals surface area contributed by atoms with Crippen LogP contribution in [0.15, 0.2) is 30.3 Å². The average molecular weight is 199 g/mol. The molecule has 0 saturated heterocycles. The molecule has 1 aliphatic carbocycles. The van der Waals surface area contributed by atoms with Crippen LogP contribution in [0.1, 0.15) is 43.6 Å². The number of rotatable bonds is 2. The van der Waals surface area contributed by atoms with Gasteiger partial charge in [-0.15, -0.1) is 0 Å². The maximum atomic E-state index is 9.28. The Hall–Kier alpha value is -1.29. The topological polar surface area (TPSA) is 23.8 Å². The van der Waals surface area contributed by atoms with E-state index in [2.05, 4.69) is 18.2 Å². The van der Waals surface area contributed by atoms with E-state index in [1.807, 2.05) is 18.2 Å². The normalized spacial score (nSPS) is 19.4. The van der Waals surface area contributed by atoms with Gasteiger partial charge in [-0.2, -0.15) is 5.26 Å². The zero-order valence-corrected chi connectivity index (χ0v) is 9.02. The molecule has 78 valence electrons. The molecule has 0 radical (unpaired) electrons. The highest BCUT2D eigenvalue weighted by Gasteiger charge is 2.24. The summed E-state index contributed by atoms with van der Waals surface area (Å²) in [6.07, 6.45) is 6.41. The van der Waals surface area contributed by atoms with Crippen molar-refractivity contribution in [3.05, 3.63) is 35.9 Å². The Balaban J connectivity index is 2.14. The fourth-order valence-corrected chi connectivity index (χ4v) is 2.58. The molecule has 0 bridgehead atoms. The van der Waals surface area contributed by atoms with Crippen LogP contribution in [0.5, 0.6) is 0 Å². The smallest absolute Gasteiger partial charge is 0.0740 e. The Morgan fingerprint density at radius 1 is 1.07 bits per heavy atom. The summed E-state index contributed by atoms with van der Waals surface area (Å²) in [4.78, 5) is 0. The minimum Gasteiger partial charge on any atom is -0.198 e.